The number of fused-ring (bicyclic) bond motifs is 1. The molecule has 17 heteroatoms. The number of unbranched alkanes of at least 4 members (excludes halogenated alkanes) is 4. The van der Waals surface area contributed by atoms with Gasteiger partial charge in [0.25, 0.3) is 0 Å². The van der Waals surface area contributed by atoms with Crippen LogP contribution in [-0.2, 0) is 42.8 Å². The lowest BCUT2D eigenvalue weighted by Gasteiger charge is -2.39. The predicted molar refractivity (Wildman–Crippen MR) is 237 cm³/mol. The van der Waals surface area contributed by atoms with Gasteiger partial charge in [-0.3, -0.25) is 14.4 Å². The molecule has 0 aromatic heterocycles. The summed E-state index contributed by atoms with van der Waals surface area (Å²) in [5.74, 6) is -2.84. The third-order valence-electron chi connectivity index (χ3n) is 12.2. The molecule has 0 spiro atoms. The molecule has 0 radical (unpaired) electrons. The SMILES string of the molecule is CCCCCC1(CCCCC)OC2C=C(C(=O)N3CCCC3C(=O)NC(CO)CCC(=O)OC(C)(C)C)CC(OC(=O)c3cccc(C=CCOC4OC(CO)C(O)C(O)C4O)c3)C2O1. The van der Waals surface area contributed by atoms with Gasteiger partial charge in [0.15, 0.2) is 12.1 Å². The summed E-state index contributed by atoms with van der Waals surface area (Å²) in [5.41, 5.74) is 0.521. The second-order valence-electron chi connectivity index (χ2n) is 18.6. The van der Waals surface area contributed by atoms with Crippen LogP contribution in [0.15, 0.2) is 42.0 Å². The first-order valence-corrected chi connectivity index (χ1v) is 23.4. The molecule has 2 amide bonds. The first kappa shape index (κ1) is 52.2. The smallest absolute Gasteiger partial charge is 0.338 e. The molecule has 3 aliphatic heterocycles. The number of carbonyl (C=O) groups is 4. The Morgan fingerprint density at radius 1 is 0.985 bits per heavy atom. The summed E-state index contributed by atoms with van der Waals surface area (Å²) in [5, 5.41) is 52.8. The highest BCUT2D eigenvalue weighted by atomic mass is 16.8. The Morgan fingerprint density at radius 3 is 2.37 bits per heavy atom. The molecule has 17 nitrogen and oxygen atoms in total. The van der Waals surface area contributed by atoms with E-state index in [1.165, 1.54) is 4.90 Å². The molecule has 6 N–H and O–H groups in total. The van der Waals surface area contributed by atoms with Crippen LogP contribution in [0.3, 0.4) is 0 Å². The van der Waals surface area contributed by atoms with Crippen molar-refractivity contribution in [3.8, 4) is 0 Å². The summed E-state index contributed by atoms with van der Waals surface area (Å²) in [6.45, 7) is 8.80. The van der Waals surface area contributed by atoms with Crippen LogP contribution in [0.1, 0.15) is 134 Å². The Balaban J connectivity index is 1.31. The molecule has 10 atom stereocenters. The van der Waals surface area contributed by atoms with Gasteiger partial charge in [-0.2, -0.15) is 0 Å². The molecule has 65 heavy (non-hydrogen) atoms. The maximum absolute atomic E-state index is 14.5. The monoisotopic (exact) mass is 916 g/mol. The number of hydrogen-bond donors (Lipinski definition) is 6. The maximum Gasteiger partial charge on any atom is 0.338 e. The van der Waals surface area contributed by atoms with Gasteiger partial charge in [0.2, 0.25) is 11.8 Å². The van der Waals surface area contributed by atoms with E-state index in [4.69, 9.17) is 28.4 Å². The molecular formula is C48H72N2O15. The van der Waals surface area contributed by atoms with Crippen LogP contribution in [0.25, 0.3) is 6.08 Å². The van der Waals surface area contributed by atoms with Crippen LogP contribution < -0.4 is 5.32 Å². The minimum Gasteiger partial charge on any atom is -0.460 e. The van der Waals surface area contributed by atoms with Gasteiger partial charge in [-0.25, -0.2) is 4.79 Å². The number of aliphatic hydroxyl groups excluding tert-OH is 5. The number of ether oxygens (including phenoxy) is 6. The lowest BCUT2D eigenvalue weighted by molar-refractivity contribution is -0.298. The van der Waals surface area contributed by atoms with Crippen LogP contribution in [0.5, 0.6) is 0 Å². The topological polar surface area (TPSA) is 240 Å². The third-order valence-corrected chi connectivity index (χ3v) is 12.2. The fourth-order valence-electron chi connectivity index (χ4n) is 8.76. The van der Waals surface area contributed by atoms with E-state index in [1.54, 1.807) is 63.3 Å². The minimum absolute atomic E-state index is 0.00340. The van der Waals surface area contributed by atoms with E-state index in [0.29, 0.717) is 43.4 Å². The number of nitrogens with zero attached hydrogens (tertiary/aromatic N) is 1. The first-order chi connectivity index (χ1) is 31.0. The molecule has 0 bridgehead atoms. The van der Waals surface area contributed by atoms with Gasteiger partial charge in [0, 0.05) is 37.8 Å². The largest absolute Gasteiger partial charge is 0.460 e. The van der Waals surface area contributed by atoms with E-state index in [0.717, 1.165) is 38.5 Å². The van der Waals surface area contributed by atoms with Crippen molar-refractivity contribution in [3.05, 3.63) is 53.1 Å². The summed E-state index contributed by atoms with van der Waals surface area (Å²) in [6, 6.07) is 5.15. The molecule has 3 fully saturated rings. The Kier molecular flexibility index (Phi) is 19.5. The normalized spacial score (nSPS) is 28.1. The number of rotatable bonds is 22. The fraction of sp³-hybridized carbons (Fsp3) is 0.708. The van der Waals surface area contributed by atoms with Crippen molar-refractivity contribution >= 4 is 29.8 Å². The van der Waals surface area contributed by atoms with E-state index >= 15 is 0 Å². The number of carbonyl (C=O) groups excluding carboxylic acids is 4. The van der Waals surface area contributed by atoms with Crippen molar-refractivity contribution < 1.29 is 73.1 Å². The zero-order valence-electron chi connectivity index (χ0n) is 38.6. The highest BCUT2D eigenvalue weighted by Gasteiger charge is 2.53. The molecule has 5 rings (SSSR count). The average molecular weight is 917 g/mol. The summed E-state index contributed by atoms with van der Waals surface area (Å²) in [7, 11) is 0. The van der Waals surface area contributed by atoms with E-state index in [1.807, 2.05) is 0 Å². The standard InChI is InChI=1S/C48H72N2O15/c1-6-8-10-21-48(22-11-9-7-2)63-36-27-32(44(58)50-23-13-18-34(50)43(57)49-33(28-51)19-20-38(53)64-47(3,4)5)26-35(42(36)65-48)61-45(59)31-17-12-15-30(25-31)16-14-24-60-46-41(56)40(55)39(54)37(29-52)62-46/h12,14-17,25,27,33-37,39-42,46,51-52,54-56H,6-11,13,18-24,26,28-29H2,1-5H3,(H,49,57). The van der Waals surface area contributed by atoms with Crippen LogP contribution in [-0.4, -0.2) is 153 Å². The molecule has 4 aliphatic rings. The number of nitrogens with one attached hydrogen (secondary N) is 1. The molecule has 1 aromatic rings. The molecule has 364 valence electrons. The summed E-state index contributed by atoms with van der Waals surface area (Å²) < 4.78 is 36.2. The zero-order chi connectivity index (χ0) is 47.3. The second-order valence-corrected chi connectivity index (χ2v) is 18.6. The molecular weight excluding hydrogens is 845 g/mol. The van der Waals surface area contributed by atoms with Crippen molar-refractivity contribution in [1.82, 2.24) is 10.2 Å². The molecule has 1 aliphatic carbocycles. The number of aliphatic hydroxyl groups is 5. The summed E-state index contributed by atoms with van der Waals surface area (Å²) in [6.07, 6.45) is 3.86. The van der Waals surface area contributed by atoms with Gasteiger partial charge in [0.05, 0.1) is 31.4 Å². The Bertz CT molecular complexity index is 1780. The summed E-state index contributed by atoms with van der Waals surface area (Å²) >= 11 is 0. The van der Waals surface area contributed by atoms with Gasteiger partial charge in [-0.1, -0.05) is 63.8 Å². The Labute approximate surface area is 382 Å². The molecule has 1 aromatic carbocycles. The van der Waals surface area contributed by atoms with Gasteiger partial charge in [-0.15, -0.1) is 0 Å². The second kappa shape index (κ2) is 24.3. The highest BCUT2D eigenvalue weighted by molar-refractivity contribution is 5.98. The number of hydrogen-bond acceptors (Lipinski definition) is 15. The van der Waals surface area contributed by atoms with E-state index in [9.17, 15) is 44.7 Å². The minimum atomic E-state index is -1.57. The third kappa shape index (κ3) is 14.4. The first-order valence-electron chi connectivity index (χ1n) is 23.4. The maximum atomic E-state index is 14.5. The Morgan fingerprint density at radius 2 is 1.71 bits per heavy atom. The predicted octanol–water partition coefficient (Wildman–Crippen LogP) is 3.60. The average Bonchev–Trinajstić information content (AvgIpc) is 3.92. The molecule has 0 saturated carbocycles. The van der Waals surface area contributed by atoms with E-state index in [2.05, 4.69) is 19.2 Å². The number of amides is 2. The van der Waals surface area contributed by atoms with Gasteiger partial charge >= 0.3 is 11.9 Å². The van der Waals surface area contributed by atoms with E-state index in [-0.39, 0.29) is 37.3 Å². The highest BCUT2D eigenvalue weighted by Crippen LogP contribution is 2.44. The quantitative estimate of drug-likeness (QED) is 0.0720. The lowest BCUT2D eigenvalue weighted by Crippen LogP contribution is -2.59. The number of esters is 2. The van der Waals surface area contributed by atoms with Crippen LogP contribution in [0, 0.1) is 0 Å². The van der Waals surface area contributed by atoms with E-state index < -0.39 is 104 Å². The fourth-order valence-corrected chi connectivity index (χ4v) is 8.76. The Hall–Kier alpha value is -3.78. The lowest BCUT2D eigenvalue weighted by atomic mass is 9.91. The van der Waals surface area contributed by atoms with Crippen molar-refractivity contribution in [3.63, 3.8) is 0 Å². The van der Waals surface area contributed by atoms with Gasteiger partial charge < -0.3 is 64.2 Å². The molecule has 3 saturated heterocycles. The van der Waals surface area contributed by atoms with Crippen LogP contribution in [0.2, 0.25) is 0 Å². The number of benzene rings is 1. The summed E-state index contributed by atoms with van der Waals surface area (Å²) in [4.78, 5) is 56.1. The molecule has 3 heterocycles. The molecule has 10 unspecified atom stereocenters. The number of likely N-dealkylation sites (tertiary alicyclic amines) is 1. The van der Waals surface area contributed by atoms with Crippen molar-refractivity contribution in [1.29, 1.82) is 0 Å². The van der Waals surface area contributed by atoms with Crippen molar-refractivity contribution in [2.24, 2.45) is 0 Å². The van der Waals surface area contributed by atoms with Gasteiger partial charge in [0.1, 0.15) is 54.4 Å². The zero-order valence-corrected chi connectivity index (χ0v) is 38.6. The van der Waals surface area contributed by atoms with Gasteiger partial charge in [-0.05, 0) is 76.6 Å². The van der Waals surface area contributed by atoms with Crippen LogP contribution >= 0.6 is 0 Å². The van der Waals surface area contributed by atoms with Crippen molar-refractivity contribution in [2.45, 2.75) is 191 Å². The van der Waals surface area contributed by atoms with Crippen molar-refractivity contribution in [2.75, 3.05) is 26.4 Å². The van der Waals surface area contributed by atoms with Crippen LogP contribution in [0.4, 0.5) is 0 Å².